The SMILES string of the molecule is Cc1ccc(CNC(=O)c2cnc(NCCc3ccccc3)cn2)cc1. The lowest BCUT2D eigenvalue weighted by Gasteiger charge is -2.07. The molecular formula is C21H22N4O. The van der Waals surface area contributed by atoms with Crippen LogP contribution in [0.25, 0.3) is 0 Å². The highest BCUT2D eigenvalue weighted by Gasteiger charge is 2.07. The Bertz CT molecular complexity index is 830. The van der Waals surface area contributed by atoms with Crippen molar-refractivity contribution in [3.63, 3.8) is 0 Å². The van der Waals surface area contributed by atoms with E-state index in [1.54, 1.807) is 6.20 Å². The number of aromatic nitrogens is 2. The van der Waals surface area contributed by atoms with Gasteiger partial charge in [0, 0.05) is 13.1 Å². The average molecular weight is 346 g/mol. The van der Waals surface area contributed by atoms with Crippen LogP contribution in [0.5, 0.6) is 0 Å². The monoisotopic (exact) mass is 346 g/mol. The second-order valence-corrected chi connectivity index (χ2v) is 6.12. The van der Waals surface area contributed by atoms with Gasteiger partial charge in [-0.1, -0.05) is 60.2 Å². The van der Waals surface area contributed by atoms with Crippen molar-refractivity contribution in [3.8, 4) is 0 Å². The van der Waals surface area contributed by atoms with E-state index in [9.17, 15) is 4.79 Å². The van der Waals surface area contributed by atoms with Crippen molar-refractivity contribution in [3.05, 3.63) is 89.4 Å². The van der Waals surface area contributed by atoms with Gasteiger partial charge >= 0.3 is 0 Å². The number of anilines is 1. The maximum atomic E-state index is 12.2. The Morgan fingerprint density at radius 3 is 2.38 bits per heavy atom. The number of nitrogens with one attached hydrogen (secondary N) is 2. The van der Waals surface area contributed by atoms with Crippen molar-refractivity contribution in [1.82, 2.24) is 15.3 Å². The predicted octanol–water partition coefficient (Wildman–Crippen LogP) is 3.37. The fraction of sp³-hybridized carbons (Fsp3) is 0.190. The van der Waals surface area contributed by atoms with Crippen LogP contribution in [0.15, 0.2) is 67.0 Å². The molecule has 0 aliphatic rings. The molecule has 1 aromatic heterocycles. The fourth-order valence-corrected chi connectivity index (χ4v) is 2.49. The lowest BCUT2D eigenvalue weighted by molar-refractivity contribution is 0.0945. The normalized spacial score (nSPS) is 10.3. The van der Waals surface area contributed by atoms with Gasteiger partial charge in [-0.2, -0.15) is 0 Å². The summed E-state index contributed by atoms with van der Waals surface area (Å²) in [6.45, 7) is 3.27. The summed E-state index contributed by atoms with van der Waals surface area (Å²) >= 11 is 0. The van der Waals surface area contributed by atoms with Crippen molar-refractivity contribution < 1.29 is 4.79 Å². The van der Waals surface area contributed by atoms with E-state index < -0.39 is 0 Å². The van der Waals surface area contributed by atoms with Crippen LogP contribution in [0.3, 0.4) is 0 Å². The van der Waals surface area contributed by atoms with Gasteiger partial charge < -0.3 is 10.6 Å². The maximum absolute atomic E-state index is 12.2. The number of benzene rings is 2. The summed E-state index contributed by atoms with van der Waals surface area (Å²) in [5.41, 5.74) is 3.82. The van der Waals surface area contributed by atoms with Crippen LogP contribution in [-0.4, -0.2) is 22.4 Å². The van der Waals surface area contributed by atoms with Gasteiger partial charge in [0.2, 0.25) is 0 Å². The van der Waals surface area contributed by atoms with Crippen molar-refractivity contribution >= 4 is 11.7 Å². The van der Waals surface area contributed by atoms with Gasteiger partial charge in [0.05, 0.1) is 12.4 Å². The molecular weight excluding hydrogens is 324 g/mol. The molecule has 1 amide bonds. The highest BCUT2D eigenvalue weighted by molar-refractivity contribution is 5.91. The third-order valence-electron chi connectivity index (χ3n) is 4.02. The molecule has 3 rings (SSSR count). The topological polar surface area (TPSA) is 66.9 Å². The maximum Gasteiger partial charge on any atom is 0.271 e. The van der Waals surface area contributed by atoms with Gasteiger partial charge in [-0.3, -0.25) is 4.79 Å². The van der Waals surface area contributed by atoms with Crippen LogP contribution < -0.4 is 10.6 Å². The zero-order valence-corrected chi connectivity index (χ0v) is 14.8. The van der Waals surface area contributed by atoms with Crippen LogP contribution in [0.1, 0.15) is 27.2 Å². The van der Waals surface area contributed by atoms with E-state index in [2.05, 4.69) is 32.7 Å². The molecule has 26 heavy (non-hydrogen) atoms. The molecule has 0 saturated heterocycles. The quantitative estimate of drug-likeness (QED) is 0.688. The Hall–Kier alpha value is -3.21. The molecule has 0 fully saturated rings. The third kappa shape index (κ3) is 5.14. The lowest BCUT2D eigenvalue weighted by atomic mass is 10.1. The van der Waals surface area contributed by atoms with Crippen LogP contribution in [0.4, 0.5) is 5.82 Å². The Balaban J connectivity index is 1.47. The zero-order valence-electron chi connectivity index (χ0n) is 14.8. The average Bonchev–Trinajstić information content (AvgIpc) is 2.69. The molecule has 0 aliphatic carbocycles. The molecule has 2 aromatic carbocycles. The molecule has 132 valence electrons. The molecule has 0 spiro atoms. The number of nitrogens with zero attached hydrogens (tertiary/aromatic N) is 2. The number of carbonyl (C=O) groups excluding carboxylic acids is 1. The molecule has 5 heteroatoms. The van der Waals surface area contributed by atoms with Gasteiger partial charge in [0.15, 0.2) is 0 Å². The lowest BCUT2D eigenvalue weighted by Crippen LogP contribution is -2.24. The molecule has 5 nitrogen and oxygen atoms in total. The summed E-state index contributed by atoms with van der Waals surface area (Å²) in [5, 5.41) is 6.07. The van der Waals surface area contributed by atoms with Crippen LogP contribution in [0, 0.1) is 6.92 Å². The second kappa shape index (κ2) is 8.76. The number of carbonyl (C=O) groups is 1. The molecule has 2 N–H and O–H groups in total. The molecule has 0 saturated carbocycles. The summed E-state index contributed by atoms with van der Waals surface area (Å²) in [6, 6.07) is 18.3. The van der Waals surface area contributed by atoms with E-state index in [0.29, 0.717) is 18.1 Å². The first-order chi connectivity index (χ1) is 12.7. The predicted molar refractivity (Wildman–Crippen MR) is 103 cm³/mol. The first-order valence-electron chi connectivity index (χ1n) is 8.64. The van der Waals surface area contributed by atoms with Crippen molar-refractivity contribution in [2.45, 2.75) is 19.9 Å². The van der Waals surface area contributed by atoms with E-state index in [1.807, 2.05) is 49.4 Å². The van der Waals surface area contributed by atoms with E-state index in [-0.39, 0.29) is 5.91 Å². The molecule has 0 aliphatic heterocycles. The molecule has 0 unspecified atom stereocenters. The number of hydrogen-bond acceptors (Lipinski definition) is 4. The van der Waals surface area contributed by atoms with Crippen LogP contribution in [0.2, 0.25) is 0 Å². The molecule has 3 aromatic rings. The highest BCUT2D eigenvalue weighted by atomic mass is 16.1. The van der Waals surface area contributed by atoms with Gasteiger partial charge in [-0.05, 0) is 24.5 Å². The minimum absolute atomic E-state index is 0.228. The number of hydrogen-bond donors (Lipinski definition) is 2. The summed E-state index contributed by atoms with van der Waals surface area (Å²) in [5.74, 6) is 0.435. The molecule has 0 bridgehead atoms. The van der Waals surface area contributed by atoms with E-state index >= 15 is 0 Å². The Morgan fingerprint density at radius 2 is 1.69 bits per heavy atom. The van der Waals surface area contributed by atoms with Crippen molar-refractivity contribution in [2.75, 3.05) is 11.9 Å². The molecule has 1 heterocycles. The Kier molecular flexibility index (Phi) is 5.93. The second-order valence-electron chi connectivity index (χ2n) is 6.12. The van der Waals surface area contributed by atoms with Gasteiger partial charge in [0.25, 0.3) is 5.91 Å². The van der Waals surface area contributed by atoms with Gasteiger partial charge in [0.1, 0.15) is 11.5 Å². The van der Waals surface area contributed by atoms with Crippen molar-refractivity contribution in [1.29, 1.82) is 0 Å². The van der Waals surface area contributed by atoms with E-state index in [1.165, 1.54) is 17.3 Å². The van der Waals surface area contributed by atoms with E-state index in [4.69, 9.17) is 0 Å². The van der Waals surface area contributed by atoms with E-state index in [0.717, 1.165) is 18.5 Å². The Morgan fingerprint density at radius 1 is 0.923 bits per heavy atom. The van der Waals surface area contributed by atoms with Gasteiger partial charge in [-0.15, -0.1) is 0 Å². The standard InChI is InChI=1S/C21H22N4O/c1-16-7-9-18(10-8-16)13-25-21(26)19-14-24-20(15-23-19)22-12-11-17-5-3-2-4-6-17/h2-10,14-15H,11-13H2,1H3,(H,22,24)(H,25,26). The fourth-order valence-electron chi connectivity index (χ4n) is 2.49. The summed E-state index contributed by atoms with van der Waals surface area (Å²) in [4.78, 5) is 20.6. The minimum atomic E-state index is -0.228. The van der Waals surface area contributed by atoms with Gasteiger partial charge in [-0.25, -0.2) is 9.97 Å². The zero-order chi connectivity index (χ0) is 18.2. The highest BCUT2D eigenvalue weighted by Crippen LogP contribution is 2.05. The van der Waals surface area contributed by atoms with Crippen LogP contribution >= 0.6 is 0 Å². The number of rotatable bonds is 7. The smallest absolute Gasteiger partial charge is 0.271 e. The van der Waals surface area contributed by atoms with Crippen molar-refractivity contribution in [2.24, 2.45) is 0 Å². The Labute approximate surface area is 153 Å². The summed E-state index contributed by atoms with van der Waals surface area (Å²) in [7, 11) is 0. The third-order valence-corrected chi connectivity index (χ3v) is 4.02. The first kappa shape index (κ1) is 17.6. The number of amides is 1. The molecule has 0 atom stereocenters. The number of aryl methyl sites for hydroxylation is 1. The molecule has 0 radical (unpaired) electrons. The largest absolute Gasteiger partial charge is 0.368 e. The summed E-state index contributed by atoms with van der Waals surface area (Å²) < 4.78 is 0. The minimum Gasteiger partial charge on any atom is -0.368 e. The summed E-state index contributed by atoms with van der Waals surface area (Å²) in [6.07, 6.45) is 3.99. The first-order valence-corrected chi connectivity index (χ1v) is 8.64. The van der Waals surface area contributed by atoms with Crippen LogP contribution in [-0.2, 0) is 13.0 Å².